The van der Waals surface area contributed by atoms with Gasteiger partial charge in [-0.25, -0.2) is 9.48 Å². The minimum atomic E-state index is -0.253. The number of carbonyl (C=O) groups is 1. The zero-order chi connectivity index (χ0) is 18.7. The molecule has 3 rings (SSSR count). The molecular weight excluding hydrogens is 471 g/mol. The van der Waals surface area contributed by atoms with Crippen molar-refractivity contribution in [3.05, 3.63) is 42.6 Å². The van der Waals surface area contributed by atoms with Gasteiger partial charge in [-0.1, -0.05) is 11.6 Å². The molecule has 0 bridgehead atoms. The predicted octanol–water partition coefficient (Wildman–Crippen LogP) is 2.47. The van der Waals surface area contributed by atoms with E-state index in [4.69, 9.17) is 16.3 Å². The minimum Gasteiger partial charge on any atom is -0.496 e. The molecule has 2 aromatic rings. The fraction of sp³-hybridized carbons (Fsp3) is 0.471. The Morgan fingerprint density at radius 2 is 2.23 bits per heavy atom. The molecule has 0 saturated carbocycles. The highest BCUT2D eigenvalue weighted by Crippen LogP contribution is 2.28. The molecule has 9 heteroatoms. The third-order valence-corrected chi connectivity index (χ3v) is 5.87. The molecule has 0 radical (unpaired) electrons. The molecule has 0 atom stereocenters. The highest BCUT2D eigenvalue weighted by Gasteiger charge is 2.17. The lowest BCUT2D eigenvalue weighted by Gasteiger charge is -2.11. The van der Waals surface area contributed by atoms with Crippen LogP contribution in [0.4, 0.5) is 0 Å². The maximum absolute atomic E-state index is 12.4. The molecule has 7 nitrogen and oxygen atoms in total. The van der Waals surface area contributed by atoms with E-state index < -0.39 is 0 Å². The molecule has 1 amide bonds. The van der Waals surface area contributed by atoms with Gasteiger partial charge in [-0.05, 0) is 54.0 Å². The summed E-state index contributed by atoms with van der Waals surface area (Å²) in [4.78, 5) is 24.6. The van der Waals surface area contributed by atoms with Crippen LogP contribution in [0.15, 0.2) is 16.9 Å². The van der Waals surface area contributed by atoms with Gasteiger partial charge < -0.3 is 10.1 Å². The van der Waals surface area contributed by atoms with E-state index in [1.807, 2.05) is 0 Å². The predicted molar refractivity (Wildman–Crippen MR) is 107 cm³/mol. The molecule has 1 aliphatic heterocycles. The van der Waals surface area contributed by atoms with Crippen LogP contribution in [0.5, 0.6) is 5.75 Å². The second-order valence-corrected chi connectivity index (χ2v) is 7.68. The van der Waals surface area contributed by atoms with Crippen LogP contribution in [-0.2, 0) is 19.5 Å². The molecule has 1 aliphatic rings. The van der Waals surface area contributed by atoms with Gasteiger partial charge in [0.2, 0.25) is 0 Å². The summed E-state index contributed by atoms with van der Waals surface area (Å²) in [6.07, 6.45) is 3.57. The van der Waals surface area contributed by atoms with Crippen LogP contribution in [0.2, 0.25) is 5.02 Å². The number of ether oxygens (including phenoxy) is 1. The fourth-order valence-electron chi connectivity index (χ4n) is 3.00. The second kappa shape index (κ2) is 8.43. The first-order chi connectivity index (χ1) is 12.5. The average molecular weight is 491 g/mol. The summed E-state index contributed by atoms with van der Waals surface area (Å²) in [6.45, 7) is 1.65. The SMILES string of the molecule is COc1cc(I)c(Cl)cc1C(=O)NCCCn1nc2n(c1=O)CCCC2. The number of aryl methyl sites for hydroxylation is 2. The number of hydrogen-bond donors (Lipinski definition) is 1. The summed E-state index contributed by atoms with van der Waals surface area (Å²) < 4.78 is 9.32. The zero-order valence-electron chi connectivity index (χ0n) is 14.4. The topological polar surface area (TPSA) is 78.2 Å². The van der Waals surface area contributed by atoms with Crippen LogP contribution >= 0.6 is 34.2 Å². The second-order valence-electron chi connectivity index (χ2n) is 6.11. The monoisotopic (exact) mass is 490 g/mol. The number of rotatable bonds is 6. The molecule has 2 heterocycles. The quantitative estimate of drug-likeness (QED) is 0.498. The minimum absolute atomic E-state index is 0.0582. The van der Waals surface area contributed by atoms with Gasteiger partial charge in [0.15, 0.2) is 0 Å². The highest BCUT2D eigenvalue weighted by atomic mass is 127. The number of amides is 1. The molecule has 1 aromatic heterocycles. The Balaban J connectivity index is 1.57. The van der Waals surface area contributed by atoms with Crippen LogP contribution in [0.3, 0.4) is 0 Å². The van der Waals surface area contributed by atoms with Crippen molar-refractivity contribution in [3.8, 4) is 5.75 Å². The number of carbonyl (C=O) groups excluding carboxylic acids is 1. The van der Waals surface area contributed by atoms with Gasteiger partial charge in [0.1, 0.15) is 11.6 Å². The maximum Gasteiger partial charge on any atom is 0.345 e. The molecule has 0 spiro atoms. The van der Waals surface area contributed by atoms with E-state index >= 15 is 0 Å². The normalized spacial score (nSPS) is 13.3. The van der Waals surface area contributed by atoms with Crippen molar-refractivity contribution in [2.24, 2.45) is 0 Å². The summed E-state index contributed by atoms with van der Waals surface area (Å²) in [5, 5.41) is 7.74. The van der Waals surface area contributed by atoms with Gasteiger partial charge in [-0.2, -0.15) is 5.10 Å². The summed E-state index contributed by atoms with van der Waals surface area (Å²) in [6, 6.07) is 3.33. The van der Waals surface area contributed by atoms with Gasteiger partial charge >= 0.3 is 5.69 Å². The average Bonchev–Trinajstić information content (AvgIpc) is 2.96. The van der Waals surface area contributed by atoms with E-state index in [1.54, 1.807) is 16.7 Å². The maximum atomic E-state index is 12.4. The van der Waals surface area contributed by atoms with E-state index in [9.17, 15) is 9.59 Å². The van der Waals surface area contributed by atoms with Crippen LogP contribution in [-0.4, -0.2) is 33.9 Å². The molecule has 0 saturated heterocycles. The summed E-state index contributed by atoms with van der Waals surface area (Å²) >= 11 is 8.19. The summed E-state index contributed by atoms with van der Waals surface area (Å²) in [7, 11) is 1.52. The lowest BCUT2D eigenvalue weighted by molar-refractivity contribution is 0.0949. The lowest BCUT2D eigenvalue weighted by atomic mass is 10.2. The lowest BCUT2D eigenvalue weighted by Crippen LogP contribution is -2.29. The van der Waals surface area contributed by atoms with Crippen molar-refractivity contribution < 1.29 is 9.53 Å². The number of nitrogens with zero attached hydrogens (tertiary/aromatic N) is 3. The third kappa shape index (κ3) is 4.06. The standard InChI is InChI=1S/C17H20ClIN4O3/c1-26-14-10-13(19)12(18)9-11(14)16(24)20-6-4-8-23-17(25)22-7-3-2-5-15(22)21-23/h9-10H,2-8H2,1H3,(H,20,24). The molecule has 140 valence electrons. The number of nitrogens with one attached hydrogen (secondary N) is 1. The molecule has 1 N–H and O–H groups in total. The van der Waals surface area contributed by atoms with Crippen molar-refractivity contribution in [1.82, 2.24) is 19.7 Å². The number of benzene rings is 1. The van der Waals surface area contributed by atoms with E-state index in [-0.39, 0.29) is 11.6 Å². The molecule has 0 fully saturated rings. The van der Waals surface area contributed by atoms with Crippen molar-refractivity contribution in [2.45, 2.75) is 38.8 Å². The van der Waals surface area contributed by atoms with E-state index in [1.165, 1.54) is 11.8 Å². The largest absolute Gasteiger partial charge is 0.496 e. The van der Waals surface area contributed by atoms with Gasteiger partial charge in [0.25, 0.3) is 5.91 Å². The van der Waals surface area contributed by atoms with E-state index in [0.717, 1.165) is 35.2 Å². The van der Waals surface area contributed by atoms with Crippen molar-refractivity contribution in [1.29, 1.82) is 0 Å². The Labute approximate surface area is 169 Å². The van der Waals surface area contributed by atoms with Crippen LogP contribution in [0, 0.1) is 3.57 Å². The molecular formula is C17H20ClIN4O3. The smallest absolute Gasteiger partial charge is 0.345 e. The first kappa shape index (κ1) is 19.2. The first-order valence-corrected chi connectivity index (χ1v) is 9.94. The van der Waals surface area contributed by atoms with Gasteiger partial charge in [-0.3, -0.25) is 9.36 Å². The van der Waals surface area contributed by atoms with Crippen molar-refractivity contribution in [3.63, 3.8) is 0 Å². The number of fused-ring (bicyclic) bond motifs is 1. The summed E-state index contributed by atoms with van der Waals surface area (Å²) in [5.74, 6) is 1.09. The van der Waals surface area contributed by atoms with Crippen LogP contribution in [0.1, 0.15) is 35.4 Å². The van der Waals surface area contributed by atoms with Crippen LogP contribution in [0.25, 0.3) is 0 Å². The van der Waals surface area contributed by atoms with Crippen molar-refractivity contribution in [2.75, 3.05) is 13.7 Å². The Morgan fingerprint density at radius 1 is 1.42 bits per heavy atom. The zero-order valence-corrected chi connectivity index (χ0v) is 17.3. The van der Waals surface area contributed by atoms with Crippen molar-refractivity contribution >= 4 is 40.1 Å². The first-order valence-electron chi connectivity index (χ1n) is 8.49. The van der Waals surface area contributed by atoms with Gasteiger partial charge in [-0.15, -0.1) is 0 Å². The Hall–Kier alpha value is -1.55. The van der Waals surface area contributed by atoms with Crippen LogP contribution < -0.4 is 15.7 Å². The number of aromatic nitrogens is 3. The Kier molecular flexibility index (Phi) is 6.23. The Morgan fingerprint density at radius 3 is 2.96 bits per heavy atom. The number of methoxy groups -OCH3 is 1. The van der Waals surface area contributed by atoms with E-state index in [0.29, 0.717) is 35.8 Å². The van der Waals surface area contributed by atoms with E-state index in [2.05, 4.69) is 33.0 Å². The third-order valence-electron chi connectivity index (χ3n) is 4.35. The molecule has 0 unspecified atom stereocenters. The Bertz CT molecular complexity index is 878. The molecule has 1 aromatic carbocycles. The fourth-order valence-corrected chi connectivity index (χ4v) is 3.60. The number of hydrogen-bond acceptors (Lipinski definition) is 4. The molecule has 26 heavy (non-hydrogen) atoms. The number of halogens is 2. The van der Waals surface area contributed by atoms with Gasteiger partial charge in [0, 0.05) is 29.6 Å². The van der Waals surface area contributed by atoms with Gasteiger partial charge in [0.05, 0.1) is 17.7 Å². The summed E-state index contributed by atoms with van der Waals surface area (Å²) in [5.41, 5.74) is 0.338. The highest BCUT2D eigenvalue weighted by molar-refractivity contribution is 14.1. The molecule has 0 aliphatic carbocycles.